The third-order valence-electron chi connectivity index (χ3n) is 4.20. The van der Waals surface area contributed by atoms with Gasteiger partial charge in [0.15, 0.2) is 0 Å². The van der Waals surface area contributed by atoms with Crippen LogP contribution in [-0.2, 0) is 5.54 Å². The highest BCUT2D eigenvalue weighted by Crippen LogP contribution is 2.37. The summed E-state index contributed by atoms with van der Waals surface area (Å²) in [6, 6.07) is 4.63. The molecule has 1 aliphatic rings. The number of nitrogens with zero attached hydrogens (tertiary/aromatic N) is 2. The molecule has 1 saturated carbocycles. The predicted octanol–water partition coefficient (Wildman–Crippen LogP) is 4.00. The Morgan fingerprint density at radius 3 is 2.76 bits per heavy atom. The van der Waals surface area contributed by atoms with Gasteiger partial charge in [0.25, 0.3) is 0 Å². The lowest BCUT2D eigenvalue weighted by Gasteiger charge is -2.32. The normalized spacial score (nSPS) is 26.0. The molecular weight excluding hydrogens is 337 g/mol. The highest BCUT2D eigenvalue weighted by atomic mass is 79.9. The Hall–Kier alpha value is -1.27. The number of rotatable bonds is 2. The van der Waals surface area contributed by atoms with Crippen molar-refractivity contribution >= 4 is 15.9 Å². The third-order valence-corrected chi connectivity index (χ3v) is 4.80. The van der Waals surface area contributed by atoms with Crippen LogP contribution in [0.15, 0.2) is 27.2 Å². The van der Waals surface area contributed by atoms with Crippen LogP contribution in [-0.4, -0.2) is 10.1 Å². The van der Waals surface area contributed by atoms with E-state index in [1.807, 2.05) is 0 Å². The van der Waals surface area contributed by atoms with E-state index < -0.39 is 5.54 Å². The van der Waals surface area contributed by atoms with E-state index in [1.165, 1.54) is 6.07 Å². The maximum absolute atomic E-state index is 13.3. The first-order valence-corrected chi connectivity index (χ1v) is 7.86. The Morgan fingerprint density at radius 1 is 1.38 bits per heavy atom. The van der Waals surface area contributed by atoms with Crippen LogP contribution in [0.5, 0.6) is 0 Å². The standard InChI is InChI=1S/C15H17BrFN3O/c1-9-4-6-15(18,7-5-9)14-19-13(20-21-14)10-2-3-12(17)11(16)8-10/h2-3,8-9H,4-7,18H2,1H3. The second-order valence-electron chi connectivity index (χ2n) is 5.89. The minimum atomic E-state index is -0.533. The quantitative estimate of drug-likeness (QED) is 0.885. The summed E-state index contributed by atoms with van der Waals surface area (Å²) in [6.45, 7) is 2.23. The van der Waals surface area contributed by atoms with E-state index >= 15 is 0 Å². The van der Waals surface area contributed by atoms with Crippen molar-refractivity contribution in [1.82, 2.24) is 10.1 Å². The first kappa shape index (κ1) is 14.7. The highest BCUT2D eigenvalue weighted by Gasteiger charge is 2.37. The van der Waals surface area contributed by atoms with Crippen LogP contribution in [0.4, 0.5) is 4.39 Å². The number of aromatic nitrogens is 2. The van der Waals surface area contributed by atoms with Crippen LogP contribution < -0.4 is 5.73 Å². The molecule has 21 heavy (non-hydrogen) atoms. The molecule has 2 aromatic rings. The van der Waals surface area contributed by atoms with Crippen LogP contribution in [0, 0.1) is 11.7 Å². The zero-order chi connectivity index (χ0) is 15.0. The minimum Gasteiger partial charge on any atom is -0.337 e. The van der Waals surface area contributed by atoms with Crippen molar-refractivity contribution in [2.45, 2.75) is 38.1 Å². The fourth-order valence-corrected chi connectivity index (χ4v) is 3.05. The topological polar surface area (TPSA) is 64.9 Å². The molecule has 4 nitrogen and oxygen atoms in total. The molecule has 0 amide bonds. The van der Waals surface area contributed by atoms with E-state index in [4.69, 9.17) is 10.3 Å². The summed E-state index contributed by atoms with van der Waals surface area (Å²) in [5, 5.41) is 3.99. The van der Waals surface area contributed by atoms with E-state index in [9.17, 15) is 4.39 Å². The van der Waals surface area contributed by atoms with Gasteiger partial charge in [-0.3, -0.25) is 0 Å². The van der Waals surface area contributed by atoms with Gasteiger partial charge in [-0.1, -0.05) is 12.1 Å². The summed E-state index contributed by atoms with van der Waals surface area (Å²) in [4.78, 5) is 4.43. The molecule has 1 aliphatic carbocycles. The molecule has 2 N–H and O–H groups in total. The van der Waals surface area contributed by atoms with Crippen LogP contribution in [0.1, 0.15) is 38.5 Å². The first-order valence-electron chi connectivity index (χ1n) is 7.06. The van der Waals surface area contributed by atoms with Gasteiger partial charge in [0.2, 0.25) is 11.7 Å². The Kier molecular flexibility index (Phi) is 3.84. The summed E-state index contributed by atoms with van der Waals surface area (Å²) >= 11 is 3.16. The molecular formula is C15H17BrFN3O. The molecule has 1 aromatic heterocycles. The summed E-state index contributed by atoms with van der Waals surface area (Å²) < 4.78 is 19.0. The summed E-state index contributed by atoms with van der Waals surface area (Å²) in [6.07, 6.45) is 3.83. The van der Waals surface area contributed by atoms with Crippen molar-refractivity contribution in [2.75, 3.05) is 0 Å². The molecule has 0 bridgehead atoms. The van der Waals surface area contributed by atoms with Gasteiger partial charge in [0.05, 0.1) is 10.0 Å². The summed E-state index contributed by atoms with van der Waals surface area (Å²) in [7, 11) is 0. The van der Waals surface area contributed by atoms with Crippen molar-refractivity contribution in [1.29, 1.82) is 0 Å². The molecule has 1 heterocycles. The Balaban J connectivity index is 1.87. The average molecular weight is 354 g/mol. The van der Waals surface area contributed by atoms with Crippen molar-refractivity contribution in [3.63, 3.8) is 0 Å². The van der Waals surface area contributed by atoms with Crippen molar-refractivity contribution in [3.8, 4) is 11.4 Å². The molecule has 0 unspecified atom stereocenters. The van der Waals surface area contributed by atoms with Gasteiger partial charge < -0.3 is 10.3 Å². The highest BCUT2D eigenvalue weighted by molar-refractivity contribution is 9.10. The molecule has 3 rings (SSSR count). The second kappa shape index (κ2) is 5.50. The molecule has 0 saturated heterocycles. The van der Waals surface area contributed by atoms with Gasteiger partial charge in [-0.2, -0.15) is 4.98 Å². The first-order chi connectivity index (χ1) is 9.98. The molecule has 0 spiro atoms. The molecule has 0 aliphatic heterocycles. The van der Waals surface area contributed by atoms with E-state index in [1.54, 1.807) is 12.1 Å². The molecule has 1 aromatic carbocycles. The lowest BCUT2D eigenvalue weighted by Crippen LogP contribution is -2.40. The van der Waals surface area contributed by atoms with Crippen molar-refractivity contribution in [2.24, 2.45) is 11.7 Å². The Morgan fingerprint density at radius 2 is 2.10 bits per heavy atom. The van der Waals surface area contributed by atoms with Crippen LogP contribution in [0.25, 0.3) is 11.4 Å². The summed E-state index contributed by atoms with van der Waals surface area (Å²) in [5.41, 5.74) is 6.59. The summed E-state index contributed by atoms with van der Waals surface area (Å²) in [5.74, 6) is 1.29. The fraction of sp³-hybridized carbons (Fsp3) is 0.467. The predicted molar refractivity (Wildman–Crippen MR) is 80.9 cm³/mol. The fourth-order valence-electron chi connectivity index (χ4n) is 2.67. The van der Waals surface area contributed by atoms with E-state index in [-0.39, 0.29) is 5.82 Å². The Labute approximate surface area is 131 Å². The molecule has 0 radical (unpaired) electrons. The SMILES string of the molecule is CC1CCC(N)(c2nc(-c3ccc(F)c(Br)c3)no2)CC1. The van der Waals surface area contributed by atoms with Gasteiger partial charge in [0, 0.05) is 5.56 Å². The lowest BCUT2D eigenvalue weighted by molar-refractivity contribution is 0.190. The minimum absolute atomic E-state index is 0.320. The number of nitrogens with two attached hydrogens (primary N) is 1. The maximum Gasteiger partial charge on any atom is 0.247 e. The van der Waals surface area contributed by atoms with Gasteiger partial charge in [-0.15, -0.1) is 0 Å². The zero-order valence-corrected chi connectivity index (χ0v) is 13.4. The van der Waals surface area contributed by atoms with Gasteiger partial charge in [-0.05, 0) is 65.7 Å². The molecule has 1 fully saturated rings. The van der Waals surface area contributed by atoms with Crippen LogP contribution >= 0.6 is 15.9 Å². The smallest absolute Gasteiger partial charge is 0.247 e. The Bertz CT molecular complexity index is 650. The van der Waals surface area contributed by atoms with Crippen LogP contribution in [0.3, 0.4) is 0 Å². The molecule has 0 atom stereocenters. The van der Waals surface area contributed by atoms with Gasteiger partial charge in [0.1, 0.15) is 5.82 Å². The monoisotopic (exact) mass is 353 g/mol. The van der Waals surface area contributed by atoms with Crippen LogP contribution in [0.2, 0.25) is 0 Å². The average Bonchev–Trinajstić information content (AvgIpc) is 2.96. The number of hydrogen-bond donors (Lipinski definition) is 1. The van der Waals surface area contributed by atoms with Crippen molar-refractivity contribution < 1.29 is 8.91 Å². The van der Waals surface area contributed by atoms with Crippen molar-refractivity contribution in [3.05, 3.63) is 34.4 Å². The third kappa shape index (κ3) is 2.87. The number of benzene rings is 1. The second-order valence-corrected chi connectivity index (χ2v) is 6.75. The van der Waals surface area contributed by atoms with Gasteiger partial charge >= 0.3 is 0 Å². The molecule has 112 valence electrons. The van der Waals surface area contributed by atoms with E-state index in [0.717, 1.165) is 25.7 Å². The maximum atomic E-state index is 13.3. The number of halogens is 2. The molecule has 6 heteroatoms. The number of hydrogen-bond acceptors (Lipinski definition) is 4. The van der Waals surface area contributed by atoms with E-state index in [2.05, 4.69) is 33.0 Å². The largest absolute Gasteiger partial charge is 0.337 e. The zero-order valence-electron chi connectivity index (χ0n) is 11.8. The van der Waals surface area contributed by atoms with Gasteiger partial charge in [-0.25, -0.2) is 4.39 Å². The lowest BCUT2D eigenvalue weighted by atomic mass is 9.78. The van der Waals surface area contributed by atoms with E-state index in [0.29, 0.717) is 27.7 Å².